The Labute approximate surface area is 106 Å². The highest BCUT2D eigenvalue weighted by Crippen LogP contribution is 2.15. The van der Waals surface area contributed by atoms with Gasteiger partial charge in [-0.3, -0.25) is 4.79 Å². The highest BCUT2D eigenvalue weighted by atomic mass is 16.5. The second-order valence-corrected chi connectivity index (χ2v) is 4.49. The molecule has 1 atom stereocenters. The van der Waals surface area contributed by atoms with Gasteiger partial charge in [-0.25, -0.2) is 0 Å². The molecule has 6 heteroatoms. The van der Waals surface area contributed by atoms with Crippen molar-refractivity contribution in [2.75, 3.05) is 26.3 Å². The molecule has 0 saturated carbocycles. The minimum atomic E-state index is -0.271. The summed E-state index contributed by atoms with van der Waals surface area (Å²) in [7, 11) is 0. The van der Waals surface area contributed by atoms with Crippen molar-refractivity contribution >= 4 is 5.91 Å². The minimum absolute atomic E-state index is 0.0196. The smallest absolute Gasteiger partial charge is 0.227 e. The van der Waals surface area contributed by atoms with Gasteiger partial charge in [0.15, 0.2) is 0 Å². The van der Waals surface area contributed by atoms with E-state index in [4.69, 9.17) is 14.4 Å². The summed E-state index contributed by atoms with van der Waals surface area (Å²) in [4.78, 5) is 13.9. The van der Waals surface area contributed by atoms with Crippen molar-refractivity contribution in [3.05, 3.63) is 17.0 Å². The predicted octanol–water partition coefficient (Wildman–Crippen LogP) is 0.0536. The predicted molar refractivity (Wildman–Crippen MR) is 63.1 cm³/mol. The standard InChI is InChI=1S/C12H18N2O4/c1-8-11(9(2)18-13-8)5-12(16)14-3-4-17-10(6-14)7-15/h10,15H,3-7H2,1-2H3. The molecule has 0 aliphatic carbocycles. The molecule has 18 heavy (non-hydrogen) atoms. The number of hydrogen-bond acceptors (Lipinski definition) is 5. The second-order valence-electron chi connectivity index (χ2n) is 4.49. The zero-order valence-electron chi connectivity index (χ0n) is 10.7. The molecule has 2 rings (SSSR count). The van der Waals surface area contributed by atoms with E-state index in [1.807, 2.05) is 6.92 Å². The van der Waals surface area contributed by atoms with E-state index in [9.17, 15) is 4.79 Å². The topological polar surface area (TPSA) is 75.8 Å². The number of ether oxygens (including phenoxy) is 1. The molecule has 1 amide bonds. The summed E-state index contributed by atoms with van der Waals surface area (Å²) >= 11 is 0. The Kier molecular flexibility index (Phi) is 3.98. The summed E-state index contributed by atoms with van der Waals surface area (Å²) in [6.07, 6.45) is 0.0200. The van der Waals surface area contributed by atoms with E-state index in [2.05, 4.69) is 5.16 Å². The third kappa shape index (κ3) is 2.70. The van der Waals surface area contributed by atoms with Gasteiger partial charge in [-0.15, -0.1) is 0 Å². The normalized spacial score (nSPS) is 20.2. The molecule has 6 nitrogen and oxygen atoms in total. The van der Waals surface area contributed by atoms with Crippen LogP contribution in [-0.4, -0.2) is 53.5 Å². The number of carbonyl (C=O) groups excluding carboxylic acids is 1. The van der Waals surface area contributed by atoms with Gasteiger partial charge in [0, 0.05) is 18.7 Å². The van der Waals surface area contributed by atoms with Gasteiger partial charge in [0.1, 0.15) is 5.76 Å². The third-order valence-electron chi connectivity index (χ3n) is 3.20. The Morgan fingerprint density at radius 3 is 2.94 bits per heavy atom. The van der Waals surface area contributed by atoms with E-state index in [1.165, 1.54) is 0 Å². The van der Waals surface area contributed by atoms with Crippen LogP contribution in [0.5, 0.6) is 0 Å². The van der Waals surface area contributed by atoms with Crippen molar-refractivity contribution < 1.29 is 19.2 Å². The molecule has 0 spiro atoms. The van der Waals surface area contributed by atoms with Crippen molar-refractivity contribution in [1.29, 1.82) is 0 Å². The molecule has 1 aromatic rings. The van der Waals surface area contributed by atoms with Crippen LogP contribution >= 0.6 is 0 Å². The van der Waals surface area contributed by atoms with E-state index in [0.717, 1.165) is 11.3 Å². The van der Waals surface area contributed by atoms with Crippen LogP contribution in [-0.2, 0) is 16.0 Å². The number of aryl methyl sites for hydroxylation is 2. The van der Waals surface area contributed by atoms with Crippen molar-refractivity contribution in [1.82, 2.24) is 10.1 Å². The Balaban J connectivity index is 1.99. The number of aromatic nitrogens is 1. The molecule has 1 aromatic heterocycles. The highest BCUT2D eigenvalue weighted by Gasteiger charge is 2.25. The maximum absolute atomic E-state index is 12.2. The van der Waals surface area contributed by atoms with Crippen LogP contribution in [0.4, 0.5) is 0 Å². The second kappa shape index (κ2) is 5.49. The van der Waals surface area contributed by atoms with Crippen LogP contribution in [0.1, 0.15) is 17.0 Å². The first-order valence-electron chi connectivity index (χ1n) is 6.03. The van der Waals surface area contributed by atoms with E-state index in [-0.39, 0.29) is 18.6 Å². The van der Waals surface area contributed by atoms with Gasteiger partial charge >= 0.3 is 0 Å². The number of nitrogens with zero attached hydrogens (tertiary/aromatic N) is 2. The van der Waals surface area contributed by atoms with Gasteiger partial charge in [0.05, 0.1) is 31.4 Å². The average Bonchev–Trinajstić information content (AvgIpc) is 2.70. The van der Waals surface area contributed by atoms with E-state index < -0.39 is 0 Å². The van der Waals surface area contributed by atoms with Gasteiger partial charge < -0.3 is 19.3 Å². The summed E-state index contributed by atoms with van der Waals surface area (Å²) in [5.74, 6) is 0.707. The molecule has 1 fully saturated rings. The first kappa shape index (κ1) is 13.0. The quantitative estimate of drug-likeness (QED) is 0.825. The summed E-state index contributed by atoms with van der Waals surface area (Å²) in [6.45, 7) is 5.05. The number of carbonyl (C=O) groups is 1. The van der Waals surface area contributed by atoms with Crippen molar-refractivity contribution in [2.45, 2.75) is 26.4 Å². The Bertz CT molecular complexity index is 410. The number of aliphatic hydroxyl groups excluding tert-OH is 1. The van der Waals surface area contributed by atoms with Crippen LogP contribution in [0.2, 0.25) is 0 Å². The summed E-state index contributed by atoms with van der Waals surface area (Å²) in [5, 5.41) is 12.9. The molecule has 0 aromatic carbocycles. The van der Waals surface area contributed by atoms with Crippen LogP contribution in [0.3, 0.4) is 0 Å². The van der Waals surface area contributed by atoms with Gasteiger partial charge in [-0.2, -0.15) is 0 Å². The molecule has 1 aliphatic rings. The first-order chi connectivity index (χ1) is 8.61. The summed E-state index contributed by atoms with van der Waals surface area (Å²) in [6, 6.07) is 0. The largest absolute Gasteiger partial charge is 0.394 e. The molecule has 0 radical (unpaired) electrons. The Morgan fingerprint density at radius 2 is 2.33 bits per heavy atom. The monoisotopic (exact) mass is 254 g/mol. The molecular weight excluding hydrogens is 236 g/mol. The summed E-state index contributed by atoms with van der Waals surface area (Å²) < 4.78 is 10.4. The van der Waals surface area contributed by atoms with Crippen LogP contribution in [0.25, 0.3) is 0 Å². The maximum atomic E-state index is 12.2. The number of rotatable bonds is 3. The van der Waals surface area contributed by atoms with Crippen molar-refractivity contribution in [3.8, 4) is 0 Å². The van der Waals surface area contributed by atoms with E-state index >= 15 is 0 Å². The molecule has 1 unspecified atom stereocenters. The van der Waals surface area contributed by atoms with Gasteiger partial charge in [-0.05, 0) is 13.8 Å². The zero-order chi connectivity index (χ0) is 13.1. The lowest BCUT2D eigenvalue weighted by Gasteiger charge is -2.32. The molecule has 1 N–H and O–H groups in total. The lowest BCUT2D eigenvalue weighted by Crippen LogP contribution is -2.47. The van der Waals surface area contributed by atoms with E-state index in [0.29, 0.717) is 31.9 Å². The van der Waals surface area contributed by atoms with Gasteiger partial charge in [0.25, 0.3) is 0 Å². The fraction of sp³-hybridized carbons (Fsp3) is 0.667. The minimum Gasteiger partial charge on any atom is -0.394 e. The SMILES string of the molecule is Cc1noc(C)c1CC(=O)N1CCOC(CO)C1. The first-order valence-corrected chi connectivity index (χ1v) is 6.03. The number of aliphatic hydroxyl groups is 1. The number of morpholine rings is 1. The van der Waals surface area contributed by atoms with Crippen molar-refractivity contribution in [2.24, 2.45) is 0 Å². The fourth-order valence-corrected chi connectivity index (χ4v) is 2.07. The van der Waals surface area contributed by atoms with Crippen LogP contribution in [0.15, 0.2) is 4.52 Å². The number of amides is 1. The van der Waals surface area contributed by atoms with Crippen LogP contribution < -0.4 is 0 Å². The van der Waals surface area contributed by atoms with Crippen molar-refractivity contribution in [3.63, 3.8) is 0 Å². The molecular formula is C12H18N2O4. The van der Waals surface area contributed by atoms with Crippen LogP contribution in [0, 0.1) is 13.8 Å². The molecule has 1 aliphatic heterocycles. The molecule has 0 bridgehead atoms. The lowest BCUT2D eigenvalue weighted by atomic mass is 10.1. The maximum Gasteiger partial charge on any atom is 0.227 e. The highest BCUT2D eigenvalue weighted by molar-refractivity contribution is 5.79. The number of hydrogen-bond donors (Lipinski definition) is 1. The molecule has 1 saturated heterocycles. The molecule has 100 valence electrons. The third-order valence-corrected chi connectivity index (χ3v) is 3.20. The Morgan fingerprint density at radius 1 is 1.56 bits per heavy atom. The lowest BCUT2D eigenvalue weighted by molar-refractivity contribution is -0.139. The summed E-state index contributed by atoms with van der Waals surface area (Å²) in [5.41, 5.74) is 1.61. The van der Waals surface area contributed by atoms with Gasteiger partial charge in [0.2, 0.25) is 5.91 Å². The average molecular weight is 254 g/mol. The Hall–Kier alpha value is -1.40. The van der Waals surface area contributed by atoms with E-state index in [1.54, 1.807) is 11.8 Å². The molecule has 2 heterocycles. The van der Waals surface area contributed by atoms with Gasteiger partial charge in [-0.1, -0.05) is 5.16 Å². The fourth-order valence-electron chi connectivity index (χ4n) is 2.07. The zero-order valence-corrected chi connectivity index (χ0v) is 10.7.